The molecule has 0 spiro atoms. The van der Waals surface area contributed by atoms with Crippen molar-refractivity contribution < 1.29 is 9.53 Å². The van der Waals surface area contributed by atoms with Crippen LogP contribution in [0.1, 0.15) is 41.3 Å². The van der Waals surface area contributed by atoms with Crippen molar-refractivity contribution in [3.8, 4) is 0 Å². The molecule has 9 heteroatoms. The van der Waals surface area contributed by atoms with Gasteiger partial charge in [-0.2, -0.15) is 0 Å². The highest BCUT2D eigenvalue weighted by Crippen LogP contribution is 2.27. The van der Waals surface area contributed by atoms with Gasteiger partial charge in [0.25, 0.3) is 5.56 Å². The van der Waals surface area contributed by atoms with Crippen molar-refractivity contribution in [2.45, 2.75) is 39.0 Å². The first-order valence-corrected chi connectivity index (χ1v) is 9.24. The molecule has 24 heavy (non-hydrogen) atoms. The van der Waals surface area contributed by atoms with E-state index in [9.17, 15) is 9.59 Å². The predicted molar refractivity (Wildman–Crippen MR) is 99.0 cm³/mol. The topological polar surface area (TPSA) is 110 Å². The molecule has 2 rings (SSSR count). The highest BCUT2D eigenvalue weighted by molar-refractivity contribution is 8.13. The lowest BCUT2D eigenvalue weighted by Gasteiger charge is -2.05. The van der Waals surface area contributed by atoms with Crippen molar-refractivity contribution in [3.05, 3.63) is 26.6 Å². The highest BCUT2D eigenvalue weighted by atomic mass is 32.2. The summed E-state index contributed by atoms with van der Waals surface area (Å²) in [6, 6.07) is 0.162. The fraction of sp³-hybridized carbons (Fsp3) is 0.467. The summed E-state index contributed by atoms with van der Waals surface area (Å²) >= 11 is 2.48. The van der Waals surface area contributed by atoms with Gasteiger partial charge in [-0.05, 0) is 25.8 Å². The third-order valence-electron chi connectivity index (χ3n) is 3.52. The van der Waals surface area contributed by atoms with Crippen LogP contribution in [0.25, 0.3) is 10.2 Å². The third kappa shape index (κ3) is 3.96. The second-order valence-electron chi connectivity index (χ2n) is 5.25. The number of carbonyl (C=O) groups excluding carboxylic acids is 1. The van der Waals surface area contributed by atoms with Crippen LogP contribution in [0.2, 0.25) is 0 Å². The minimum Gasteiger partial charge on any atom is -0.465 e. The van der Waals surface area contributed by atoms with Crippen molar-refractivity contribution in [1.82, 2.24) is 9.97 Å². The van der Waals surface area contributed by atoms with E-state index in [0.29, 0.717) is 37.4 Å². The maximum absolute atomic E-state index is 12.3. The van der Waals surface area contributed by atoms with E-state index in [2.05, 4.69) is 15.0 Å². The van der Waals surface area contributed by atoms with E-state index in [1.54, 1.807) is 6.92 Å². The average Bonchev–Trinajstić information content (AvgIpc) is 2.89. The second-order valence-corrected chi connectivity index (χ2v) is 7.25. The molecule has 0 unspecified atom stereocenters. The Balaban J connectivity index is 2.29. The summed E-state index contributed by atoms with van der Waals surface area (Å²) in [5.41, 5.74) is 6.19. The lowest BCUT2D eigenvalue weighted by Crippen LogP contribution is -2.14. The molecule has 2 heterocycles. The van der Waals surface area contributed by atoms with Gasteiger partial charge >= 0.3 is 5.97 Å². The smallest absolute Gasteiger partial charge is 0.348 e. The lowest BCUT2D eigenvalue weighted by atomic mass is 10.2. The molecule has 1 atom stereocenters. The average molecular weight is 368 g/mol. The first kappa shape index (κ1) is 18.5. The zero-order chi connectivity index (χ0) is 17.9. The molecule has 0 saturated carbocycles. The number of nitrogens with one attached hydrogen (secondary N) is 1. The molecule has 0 aliphatic heterocycles. The molecular formula is C15H20N4O3S2. The Morgan fingerprint density at radius 2 is 2.25 bits per heavy atom. The number of H-pyrrole nitrogens is 1. The van der Waals surface area contributed by atoms with E-state index in [4.69, 9.17) is 10.5 Å². The number of aliphatic imine (C=N–C) groups is 1. The molecule has 0 bridgehead atoms. The van der Waals surface area contributed by atoms with Crippen LogP contribution < -0.4 is 11.3 Å². The molecule has 3 N–H and O–H groups in total. The quantitative estimate of drug-likeness (QED) is 0.476. The molecule has 0 radical (unpaired) electrons. The van der Waals surface area contributed by atoms with Crippen LogP contribution >= 0.6 is 23.1 Å². The fourth-order valence-electron chi connectivity index (χ4n) is 2.03. The van der Waals surface area contributed by atoms with Gasteiger partial charge in [-0.25, -0.2) is 9.78 Å². The van der Waals surface area contributed by atoms with Crippen molar-refractivity contribution in [2.24, 2.45) is 10.7 Å². The third-order valence-corrected chi connectivity index (χ3v) is 5.50. The van der Waals surface area contributed by atoms with Crippen LogP contribution in [-0.2, 0) is 10.5 Å². The number of esters is 1. The van der Waals surface area contributed by atoms with Gasteiger partial charge in [0.2, 0.25) is 0 Å². The van der Waals surface area contributed by atoms with Crippen molar-refractivity contribution >= 4 is 44.5 Å². The number of thiophene rings is 1. The number of hydrogen-bond acceptors (Lipinski definition) is 7. The molecule has 0 fully saturated rings. The Morgan fingerprint density at radius 3 is 2.88 bits per heavy atom. The van der Waals surface area contributed by atoms with E-state index in [1.807, 2.05) is 13.8 Å². The number of aromatic amines is 1. The lowest BCUT2D eigenvalue weighted by molar-refractivity contribution is 0.0605. The van der Waals surface area contributed by atoms with Gasteiger partial charge in [0.15, 0.2) is 5.17 Å². The van der Waals surface area contributed by atoms with Crippen molar-refractivity contribution in [2.75, 3.05) is 7.11 Å². The van der Waals surface area contributed by atoms with Crippen LogP contribution in [-0.4, -0.2) is 34.3 Å². The Bertz CT molecular complexity index is 841. The Hall–Kier alpha value is -1.87. The van der Waals surface area contributed by atoms with Gasteiger partial charge < -0.3 is 15.5 Å². The number of fused-ring (bicyclic) bond motifs is 1. The number of amidine groups is 1. The highest BCUT2D eigenvalue weighted by Gasteiger charge is 2.19. The molecule has 0 saturated heterocycles. The van der Waals surface area contributed by atoms with Crippen LogP contribution in [0.4, 0.5) is 0 Å². The normalized spacial score (nSPS) is 13.2. The van der Waals surface area contributed by atoms with E-state index < -0.39 is 5.97 Å². The Labute approximate surface area is 147 Å². The second kappa shape index (κ2) is 7.80. The molecule has 0 aromatic carbocycles. The van der Waals surface area contributed by atoms with Crippen molar-refractivity contribution in [3.63, 3.8) is 0 Å². The number of hydrogen-bond donors (Lipinski definition) is 2. The molecule has 130 valence electrons. The molecule has 2 aromatic heterocycles. The first-order chi connectivity index (χ1) is 11.4. The first-order valence-electron chi connectivity index (χ1n) is 7.44. The van der Waals surface area contributed by atoms with Gasteiger partial charge in [-0.3, -0.25) is 9.79 Å². The summed E-state index contributed by atoms with van der Waals surface area (Å²) < 4.78 is 4.74. The number of nitrogens with two attached hydrogens (primary N) is 1. The molecule has 0 aliphatic rings. The largest absolute Gasteiger partial charge is 0.465 e. The molecule has 7 nitrogen and oxygen atoms in total. The van der Waals surface area contributed by atoms with Gasteiger partial charge in [0.05, 0.1) is 18.2 Å². The van der Waals surface area contributed by atoms with Gasteiger partial charge in [-0.1, -0.05) is 18.7 Å². The number of rotatable bonds is 5. The zero-order valence-corrected chi connectivity index (χ0v) is 15.6. The molecule has 0 amide bonds. The van der Waals surface area contributed by atoms with Crippen LogP contribution in [0, 0.1) is 6.92 Å². The summed E-state index contributed by atoms with van der Waals surface area (Å²) in [7, 11) is 1.31. The van der Waals surface area contributed by atoms with E-state index in [0.717, 1.165) is 17.8 Å². The monoisotopic (exact) mass is 368 g/mol. The summed E-state index contributed by atoms with van der Waals surface area (Å²) in [5.74, 6) is 0.440. The Kier molecular flexibility index (Phi) is 6.00. The predicted octanol–water partition coefficient (Wildman–Crippen LogP) is 2.43. The summed E-state index contributed by atoms with van der Waals surface area (Å²) in [4.78, 5) is 36.5. The Morgan fingerprint density at radius 1 is 1.54 bits per heavy atom. The van der Waals surface area contributed by atoms with Gasteiger partial charge in [0, 0.05) is 6.04 Å². The van der Waals surface area contributed by atoms with Crippen LogP contribution in [0.5, 0.6) is 0 Å². The summed E-state index contributed by atoms with van der Waals surface area (Å²) in [5, 5.41) is 0.889. The van der Waals surface area contributed by atoms with Crippen LogP contribution in [0.15, 0.2) is 9.79 Å². The van der Waals surface area contributed by atoms with Crippen molar-refractivity contribution in [1.29, 1.82) is 0 Å². The summed E-state index contributed by atoms with van der Waals surface area (Å²) in [6.07, 6.45) is 0.910. The maximum Gasteiger partial charge on any atom is 0.348 e. The van der Waals surface area contributed by atoms with Crippen LogP contribution in [0.3, 0.4) is 0 Å². The fourth-order valence-corrected chi connectivity index (χ4v) is 3.83. The van der Waals surface area contributed by atoms with Gasteiger partial charge in [0.1, 0.15) is 15.5 Å². The minimum absolute atomic E-state index is 0.162. The van der Waals surface area contributed by atoms with Gasteiger partial charge in [-0.15, -0.1) is 11.3 Å². The number of aryl methyl sites for hydroxylation is 1. The summed E-state index contributed by atoms with van der Waals surface area (Å²) in [6.45, 7) is 5.74. The van der Waals surface area contributed by atoms with E-state index in [-0.39, 0.29) is 11.6 Å². The molecular weight excluding hydrogens is 348 g/mol. The number of aromatic nitrogens is 2. The minimum atomic E-state index is -0.462. The molecule has 0 aliphatic carbocycles. The number of ether oxygens (including phenoxy) is 1. The SMILES string of the molecule is CC[C@H](C)N=C(N)SCc1nc2sc(C(=O)OC)c(C)c2c(=O)[nH]1. The zero-order valence-electron chi connectivity index (χ0n) is 14.0. The molecule has 2 aromatic rings. The maximum atomic E-state index is 12.3. The van der Waals surface area contributed by atoms with E-state index in [1.165, 1.54) is 18.9 Å². The number of thioether (sulfide) groups is 1. The number of nitrogens with zero attached hydrogens (tertiary/aromatic N) is 2. The van der Waals surface area contributed by atoms with E-state index >= 15 is 0 Å². The standard InChI is InChI=1S/C15H20N4O3S2/c1-5-7(2)17-15(16)23-6-9-18-12(20)10-8(3)11(14(21)22-4)24-13(10)19-9/h7H,5-6H2,1-4H3,(H2,16,17)(H,18,19,20)/t7-/m0/s1. The number of methoxy groups -OCH3 is 1. The number of carbonyl (C=O) groups is 1.